The second kappa shape index (κ2) is 5.97. The van der Waals surface area contributed by atoms with Crippen LogP contribution in [0.5, 0.6) is 0 Å². The minimum absolute atomic E-state index is 0.0975. The highest BCUT2D eigenvalue weighted by atomic mass is 14.6. The van der Waals surface area contributed by atoms with Gasteiger partial charge in [0.05, 0.1) is 5.92 Å². The van der Waals surface area contributed by atoms with Crippen molar-refractivity contribution >= 4 is 6.21 Å². The molecule has 0 aromatic carbocycles. The van der Waals surface area contributed by atoms with Gasteiger partial charge in [0.15, 0.2) is 0 Å². The van der Waals surface area contributed by atoms with E-state index in [4.69, 9.17) is 5.73 Å². The van der Waals surface area contributed by atoms with Gasteiger partial charge in [0.2, 0.25) is 0 Å². The normalized spacial score (nSPS) is 28.2. The van der Waals surface area contributed by atoms with E-state index in [-0.39, 0.29) is 5.92 Å². The number of rotatable bonds is 2. The van der Waals surface area contributed by atoms with Crippen LogP contribution >= 0.6 is 0 Å². The van der Waals surface area contributed by atoms with Gasteiger partial charge in [-0.05, 0) is 31.1 Å². The maximum absolute atomic E-state index is 5.90. The summed E-state index contributed by atoms with van der Waals surface area (Å²) in [6.07, 6.45) is 8.60. The highest BCUT2D eigenvalue weighted by molar-refractivity contribution is 5.80. The molecule has 1 aliphatic carbocycles. The number of hydrogen-bond acceptors (Lipinski definition) is 2. The standard InChI is InChI=1S/C14H18N2/c1-4-12(10-16-3)13-7-5-6-11(2)14(15)9-8-13/h4,8-10,13H,6,15H2,1-3H3/b9-8-,12-4+,14-11+,16-10-/t13-/m0/s1. The van der Waals surface area contributed by atoms with E-state index in [2.05, 4.69) is 16.8 Å². The Morgan fingerprint density at radius 2 is 2.38 bits per heavy atom. The van der Waals surface area contributed by atoms with Gasteiger partial charge in [0, 0.05) is 25.4 Å². The lowest BCUT2D eigenvalue weighted by atomic mass is 9.96. The van der Waals surface area contributed by atoms with Crippen LogP contribution in [0.2, 0.25) is 0 Å². The summed E-state index contributed by atoms with van der Waals surface area (Å²) >= 11 is 0. The van der Waals surface area contributed by atoms with Crippen LogP contribution in [0.3, 0.4) is 0 Å². The Bertz CT molecular complexity index is 425. The molecular weight excluding hydrogens is 196 g/mol. The predicted molar refractivity (Wildman–Crippen MR) is 70.1 cm³/mol. The second-order valence-corrected chi connectivity index (χ2v) is 3.75. The van der Waals surface area contributed by atoms with Crippen molar-refractivity contribution < 1.29 is 0 Å². The van der Waals surface area contributed by atoms with Gasteiger partial charge in [-0.25, -0.2) is 0 Å². The molecule has 0 unspecified atom stereocenters. The zero-order valence-corrected chi connectivity index (χ0v) is 10.1. The van der Waals surface area contributed by atoms with Crippen molar-refractivity contribution in [3.05, 3.63) is 35.1 Å². The van der Waals surface area contributed by atoms with Crippen LogP contribution in [0, 0.1) is 17.8 Å². The molecule has 0 aliphatic heterocycles. The van der Waals surface area contributed by atoms with Crippen LogP contribution < -0.4 is 5.73 Å². The number of nitrogens with two attached hydrogens (primary N) is 1. The lowest BCUT2D eigenvalue weighted by Crippen LogP contribution is -2.04. The summed E-state index contributed by atoms with van der Waals surface area (Å²) in [6.45, 7) is 4.01. The molecule has 2 heteroatoms. The van der Waals surface area contributed by atoms with E-state index in [1.807, 2.05) is 38.3 Å². The fourth-order valence-corrected chi connectivity index (χ4v) is 1.46. The molecule has 0 spiro atoms. The van der Waals surface area contributed by atoms with Gasteiger partial charge in [-0.3, -0.25) is 4.99 Å². The Morgan fingerprint density at radius 3 is 3.00 bits per heavy atom. The summed E-state index contributed by atoms with van der Waals surface area (Å²) in [7, 11) is 1.77. The van der Waals surface area contributed by atoms with Crippen LogP contribution in [0.4, 0.5) is 0 Å². The van der Waals surface area contributed by atoms with Gasteiger partial charge < -0.3 is 5.73 Å². The Balaban J connectivity index is 3.00. The lowest BCUT2D eigenvalue weighted by molar-refractivity contribution is 1.04. The molecule has 0 heterocycles. The average molecular weight is 214 g/mol. The van der Waals surface area contributed by atoms with Gasteiger partial charge in [-0.2, -0.15) is 0 Å². The SMILES string of the molecule is C/C=C(\C=N/C)[C@H]1C#CC/C(C)=C(N)\C=C/1. The lowest BCUT2D eigenvalue weighted by Gasteiger charge is -2.09. The molecule has 16 heavy (non-hydrogen) atoms. The van der Waals surface area contributed by atoms with E-state index in [9.17, 15) is 0 Å². The van der Waals surface area contributed by atoms with E-state index in [0.29, 0.717) is 0 Å². The Kier molecular flexibility index (Phi) is 4.60. The van der Waals surface area contributed by atoms with E-state index in [1.165, 1.54) is 0 Å². The minimum Gasteiger partial charge on any atom is -0.399 e. The van der Waals surface area contributed by atoms with Crippen molar-refractivity contribution in [1.29, 1.82) is 0 Å². The van der Waals surface area contributed by atoms with Crippen molar-refractivity contribution in [3.8, 4) is 11.8 Å². The summed E-state index contributed by atoms with van der Waals surface area (Å²) < 4.78 is 0. The molecule has 0 saturated heterocycles. The molecule has 0 radical (unpaired) electrons. The first kappa shape index (κ1) is 12.3. The maximum Gasteiger partial charge on any atom is 0.0648 e. The van der Waals surface area contributed by atoms with Crippen LogP contribution in [0.1, 0.15) is 20.3 Å². The Hall–Kier alpha value is -1.75. The van der Waals surface area contributed by atoms with E-state index in [0.717, 1.165) is 23.3 Å². The smallest absolute Gasteiger partial charge is 0.0648 e. The molecular formula is C14H18N2. The first-order valence-corrected chi connectivity index (χ1v) is 5.39. The van der Waals surface area contributed by atoms with Crippen LogP contribution in [0.25, 0.3) is 0 Å². The average Bonchev–Trinajstić information content (AvgIpc) is 2.28. The predicted octanol–water partition coefficient (Wildman–Crippen LogP) is 2.45. The molecule has 0 aromatic heterocycles. The zero-order valence-electron chi connectivity index (χ0n) is 10.1. The molecule has 1 atom stereocenters. The molecule has 1 rings (SSSR count). The molecule has 0 saturated carbocycles. The third-order valence-electron chi connectivity index (χ3n) is 2.54. The zero-order chi connectivity index (χ0) is 12.0. The summed E-state index contributed by atoms with van der Waals surface area (Å²) in [6, 6.07) is 0. The van der Waals surface area contributed by atoms with Gasteiger partial charge in [-0.1, -0.05) is 24.0 Å². The number of allylic oxidation sites excluding steroid dienone is 5. The summed E-state index contributed by atoms with van der Waals surface area (Å²) in [5.41, 5.74) is 8.96. The van der Waals surface area contributed by atoms with Crippen LogP contribution in [-0.4, -0.2) is 13.3 Å². The minimum atomic E-state index is 0.0975. The topological polar surface area (TPSA) is 38.4 Å². The third kappa shape index (κ3) is 3.13. The molecule has 2 nitrogen and oxygen atoms in total. The first-order valence-electron chi connectivity index (χ1n) is 5.39. The largest absolute Gasteiger partial charge is 0.399 e. The first-order chi connectivity index (χ1) is 7.69. The van der Waals surface area contributed by atoms with Gasteiger partial charge in [-0.15, -0.1) is 0 Å². The molecule has 0 fully saturated rings. The van der Waals surface area contributed by atoms with E-state index < -0.39 is 0 Å². The third-order valence-corrected chi connectivity index (χ3v) is 2.54. The van der Waals surface area contributed by atoms with Crippen LogP contribution in [-0.2, 0) is 0 Å². The van der Waals surface area contributed by atoms with Crippen molar-refractivity contribution in [2.45, 2.75) is 20.3 Å². The van der Waals surface area contributed by atoms with Crippen LogP contribution in [0.15, 0.2) is 40.1 Å². The van der Waals surface area contributed by atoms with Crippen molar-refractivity contribution in [3.63, 3.8) is 0 Å². The molecule has 2 N–H and O–H groups in total. The maximum atomic E-state index is 5.90. The number of hydrogen-bond donors (Lipinski definition) is 1. The van der Waals surface area contributed by atoms with E-state index in [1.54, 1.807) is 7.05 Å². The molecule has 0 amide bonds. The van der Waals surface area contributed by atoms with Gasteiger partial charge in [0.25, 0.3) is 0 Å². The molecule has 84 valence electrons. The fourth-order valence-electron chi connectivity index (χ4n) is 1.46. The van der Waals surface area contributed by atoms with Gasteiger partial charge >= 0.3 is 0 Å². The molecule has 0 aromatic rings. The van der Waals surface area contributed by atoms with Crippen molar-refractivity contribution in [2.75, 3.05) is 7.05 Å². The van der Waals surface area contributed by atoms with Gasteiger partial charge in [0.1, 0.15) is 0 Å². The fraction of sp³-hybridized carbons (Fsp3) is 0.357. The number of aliphatic imine (C=N–C) groups is 1. The quantitative estimate of drug-likeness (QED) is 0.556. The summed E-state index contributed by atoms with van der Waals surface area (Å²) in [5, 5.41) is 0. The second-order valence-electron chi connectivity index (χ2n) is 3.75. The Morgan fingerprint density at radius 1 is 1.62 bits per heavy atom. The van der Waals surface area contributed by atoms with Crippen molar-refractivity contribution in [1.82, 2.24) is 0 Å². The number of nitrogens with zero attached hydrogens (tertiary/aromatic N) is 1. The monoisotopic (exact) mass is 214 g/mol. The summed E-state index contributed by atoms with van der Waals surface area (Å²) in [4.78, 5) is 4.03. The molecule has 0 bridgehead atoms. The Labute approximate surface area is 97.6 Å². The van der Waals surface area contributed by atoms with E-state index >= 15 is 0 Å². The van der Waals surface area contributed by atoms with Crippen molar-refractivity contribution in [2.24, 2.45) is 16.6 Å². The highest BCUT2D eigenvalue weighted by Crippen LogP contribution is 2.15. The highest BCUT2D eigenvalue weighted by Gasteiger charge is 2.06. The molecule has 1 aliphatic rings. The summed E-state index contributed by atoms with van der Waals surface area (Å²) in [5.74, 6) is 6.47.